The van der Waals surface area contributed by atoms with Crippen LogP contribution in [-0.2, 0) is 4.79 Å². The molecule has 0 saturated carbocycles. The minimum absolute atomic E-state index is 0.0440. The highest BCUT2D eigenvalue weighted by Gasteiger charge is 2.16. The van der Waals surface area contributed by atoms with E-state index in [9.17, 15) is 4.79 Å². The van der Waals surface area contributed by atoms with Crippen LogP contribution in [0, 0.1) is 0 Å². The van der Waals surface area contributed by atoms with Gasteiger partial charge >= 0.3 is 0 Å². The molecular weight excluding hydrogens is 283 g/mol. The molecule has 1 atom stereocenters. The molecule has 0 spiro atoms. The van der Waals surface area contributed by atoms with Crippen LogP contribution in [-0.4, -0.2) is 18.0 Å². The molecule has 0 aromatic heterocycles. The highest BCUT2D eigenvalue weighted by Crippen LogP contribution is 2.29. The molecule has 0 heterocycles. The number of benzene rings is 1. The Kier molecular flexibility index (Phi) is 5.65. The fourth-order valence-electron chi connectivity index (χ4n) is 1.67. The molecule has 0 radical (unpaired) electrons. The Morgan fingerprint density at radius 3 is 2.53 bits per heavy atom. The summed E-state index contributed by atoms with van der Waals surface area (Å²) in [5.41, 5.74) is 0.660. The first-order valence-corrected chi connectivity index (χ1v) is 6.94. The number of carbonyl (C=O) groups is 1. The third kappa shape index (κ3) is 5.39. The lowest BCUT2D eigenvalue weighted by atomic mass is 10.1. The van der Waals surface area contributed by atoms with Gasteiger partial charge in [-0.25, -0.2) is 0 Å². The van der Waals surface area contributed by atoms with Crippen molar-refractivity contribution in [2.45, 2.75) is 39.3 Å². The summed E-state index contributed by atoms with van der Waals surface area (Å²) in [4.78, 5) is 11.7. The minimum atomic E-state index is -0.226. The van der Waals surface area contributed by atoms with Gasteiger partial charge in [0, 0.05) is 11.6 Å². The van der Waals surface area contributed by atoms with Gasteiger partial charge in [0.05, 0.1) is 16.6 Å². The van der Waals surface area contributed by atoms with Crippen molar-refractivity contribution in [1.82, 2.24) is 10.6 Å². The first-order valence-electron chi connectivity index (χ1n) is 6.19. The average molecular weight is 303 g/mol. The zero-order valence-electron chi connectivity index (χ0n) is 11.7. The molecule has 5 heteroatoms. The molecule has 0 fully saturated rings. The lowest BCUT2D eigenvalue weighted by molar-refractivity contribution is -0.121. The summed E-state index contributed by atoms with van der Waals surface area (Å²) in [7, 11) is 0. The molecule has 1 unspecified atom stereocenters. The Labute approximate surface area is 124 Å². The second-order valence-electron chi connectivity index (χ2n) is 5.54. The molecule has 3 nitrogen and oxygen atoms in total. The van der Waals surface area contributed by atoms with E-state index in [4.69, 9.17) is 23.2 Å². The maximum absolute atomic E-state index is 11.7. The number of hydrogen-bond donors (Lipinski definition) is 2. The molecule has 0 aliphatic rings. The van der Waals surface area contributed by atoms with Crippen LogP contribution in [0.15, 0.2) is 18.2 Å². The van der Waals surface area contributed by atoms with Crippen LogP contribution in [0.5, 0.6) is 0 Å². The molecule has 1 aromatic carbocycles. The summed E-state index contributed by atoms with van der Waals surface area (Å²) in [5, 5.41) is 7.07. The maximum atomic E-state index is 11.7. The highest BCUT2D eigenvalue weighted by molar-refractivity contribution is 6.42. The van der Waals surface area contributed by atoms with Crippen molar-refractivity contribution in [2.75, 3.05) is 6.54 Å². The number of rotatable bonds is 4. The lowest BCUT2D eigenvalue weighted by Gasteiger charge is -2.22. The standard InChI is InChI=1S/C14H20Cl2N2O/c1-9(10-6-5-7-11(15)13(10)16)17-8-12(19)18-14(2,3)4/h5-7,9,17H,8H2,1-4H3,(H,18,19). The fraction of sp³-hybridized carbons (Fsp3) is 0.500. The van der Waals surface area contributed by atoms with Crippen molar-refractivity contribution in [3.63, 3.8) is 0 Å². The first-order chi connectivity index (χ1) is 8.70. The van der Waals surface area contributed by atoms with E-state index in [1.54, 1.807) is 6.07 Å². The number of nitrogens with one attached hydrogen (secondary N) is 2. The molecule has 106 valence electrons. The topological polar surface area (TPSA) is 41.1 Å². The molecule has 1 aromatic rings. The summed E-state index contributed by atoms with van der Waals surface area (Å²) in [6, 6.07) is 5.44. The summed E-state index contributed by atoms with van der Waals surface area (Å²) in [5.74, 6) is -0.0440. The van der Waals surface area contributed by atoms with Gasteiger partial charge in [0.15, 0.2) is 0 Å². The van der Waals surface area contributed by atoms with E-state index in [1.165, 1.54) is 0 Å². The quantitative estimate of drug-likeness (QED) is 0.893. The van der Waals surface area contributed by atoms with Crippen molar-refractivity contribution in [2.24, 2.45) is 0 Å². The van der Waals surface area contributed by atoms with Gasteiger partial charge in [0.25, 0.3) is 0 Å². The Bertz CT molecular complexity index is 455. The lowest BCUT2D eigenvalue weighted by Crippen LogP contribution is -2.45. The van der Waals surface area contributed by atoms with Crippen molar-refractivity contribution >= 4 is 29.1 Å². The molecule has 0 bridgehead atoms. The van der Waals surface area contributed by atoms with Gasteiger partial charge in [-0.05, 0) is 39.3 Å². The van der Waals surface area contributed by atoms with Gasteiger partial charge in [0.1, 0.15) is 0 Å². The zero-order valence-corrected chi connectivity index (χ0v) is 13.2. The van der Waals surface area contributed by atoms with E-state index in [1.807, 2.05) is 39.8 Å². The van der Waals surface area contributed by atoms with E-state index < -0.39 is 0 Å². The van der Waals surface area contributed by atoms with Gasteiger partial charge in [-0.1, -0.05) is 35.3 Å². The predicted octanol–water partition coefficient (Wildman–Crippen LogP) is 3.56. The van der Waals surface area contributed by atoms with E-state index in [0.717, 1.165) is 5.56 Å². The van der Waals surface area contributed by atoms with Gasteiger partial charge in [-0.2, -0.15) is 0 Å². The second-order valence-corrected chi connectivity index (χ2v) is 6.33. The third-order valence-corrected chi connectivity index (χ3v) is 3.36. The number of carbonyl (C=O) groups excluding carboxylic acids is 1. The van der Waals surface area contributed by atoms with Crippen molar-refractivity contribution in [1.29, 1.82) is 0 Å². The van der Waals surface area contributed by atoms with Crippen LogP contribution in [0.1, 0.15) is 39.3 Å². The summed E-state index contributed by atoms with van der Waals surface area (Å²) in [6.45, 7) is 8.02. The van der Waals surface area contributed by atoms with Crippen molar-refractivity contribution < 1.29 is 4.79 Å². The number of amides is 1. The van der Waals surface area contributed by atoms with Crippen molar-refractivity contribution in [3.8, 4) is 0 Å². The summed E-state index contributed by atoms with van der Waals surface area (Å²) < 4.78 is 0. The van der Waals surface area contributed by atoms with E-state index in [0.29, 0.717) is 10.0 Å². The SMILES string of the molecule is CC(NCC(=O)NC(C)(C)C)c1cccc(Cl)c1Cl. The molecule has 0 aliphatic heterocycles. The Morgan fingerprint density at radius 2 is 1.95 bits per heavy atom. The Hall–Kier alpha value is -0.770. The second kappa shape index (κ2) is 6.60. The Morgan fingerprint density at radius 1 is 1.32 bits per heavy atom. The average Bonchev–Trinajstić information content (AvgIpc) is 2.27. The third-order valence-electron chi connectivity index (χ3n) is 2.53. The van der Waals surface area contributed by atoms with Gasteiger partial charge < -0.3 is 10.6 Å². The van der Waals surface area contributed by atoms with Crippen LogP contribution >= 0.6 is 23.2 Å². The van der Waals surface area contributed by atoms with E-state index in [2.05, 4.69) is 10.6 Å². The molecule has 2 N–H and O–H groups in total. The summed E-state index contributed by atoms with van der Waals surface area (Å²) >= 11 is 12.1. The van der Waals surface area contributed by atoms with Crippen LogP contribution < -0.4 is 10.6 Å². The highest BCUT2D eigenvalue weighted by atomic mass is 35.5. The van der Waals surface area contributed by atoms with E-state index in [-0.39, 0.29) is 24.0 Å². The van der Waals surface area contributed by atoms with Crippen LogP contribution in [0.3, 0.4) is 0 Å². The van der Waals surface area contributed by atoms with Gasteiger partial charge in [0.2, 0.25) is 5.91 Å². The van der Waals surface area contributed by atoms with Crippen LogP contribution in [0.25, 0.3) is 0 Å². The molecule has 19 heavy (non-hydrogen) atoms. The van der Waals surface area contributed by atoms with E-state index >= 15 is 0 Å². The molecule has 1 rings (SSSR count). The molecule has 1 amide bonds. The van der Waals surface area contributed by atoms with Gasteiger partial charge in [-0.15, -0.1) is 0 Å². The van der Waals surface area contributed by atoms with Crippen LogP contribution in [0.4, 0.5) is 0 Å². The largest absolute Gasteiger partial charge is 0.350 e. The summed E-state index contributed by atoms with van der Waals surface area (Å²) in [6.07, 6.45) is 0. The maximum Gasteiger partial charge on any atom is 0.234 e. The Balaban J connectivity index is 2.59. The monoisotopic (exact) mass is 302 g/mol. The zero-order chi connectivity index (χ0) is 14.6. The molecular formula is C14H20Cl2N2O. The normalized spacial score (nSPS) is 13.2. The fourth-order valence-corrected chi connectivity index (χ4v) is 2.14. The van der Waals surface area contributed by atoms with Crippen molar-refractivity contribution in [3.05, 3.63) is 33.8 Å². The predicted molar refractivity (Wildman–Crippen MR) is 80.8 cm³/mol. The first kappa shape index (κ1) is 16.3. The molecule has 0 aliphatic carbocycles. The molecule has 0 saturated heterocycles. The van der Waals surface area contributed by atoms with Crippen LogP contribution in [0.2, 0.25) is 10.0 Å². The minimum Gasteiger partial charge on any atom is -0.350 e. The van der Waals surface area contributed by atoms with Gasteiger partial charge in [-0.3, -0.25) is 4.79 Å². The number of hydrogen-bond acceptors (Lipinski definition) is 2. The number of halogens is 2. The smallest absolute Gasteiger partial charge is 0.234 e.